The molecule has 170 valence electrons. The summed E-state index contributed by atoms with van der Waals surface area (Å²) in [6.07, 6.45) is 2.80. The van der Waals surface area contributed by atoms with E-state index in [2.05, 4.69) is 0 Å². The van der Waals surface area contributed by atoms with Crippen molar-refractivity contribution in [3.8, 4) is 0 Å². The third-order valence-corrected chi connectivity index (χ3v) is 6.74. The van der Waals surface area contributed by atoms with Crippen molar-refractivity contribution >= 4 is 46.7 Å². The van der Waals surface area contributed by atoms with Gasteiger partial charge in [0, 0.05) is 10.6 Å². The number of imide groups is 1. The van der Waals surface area contributed by atoms with Gasteiger partial charge in [0.2, 0.25) is 0 Å². The second-order valence-electron chi connectivity index (χ2n) is 8.37. The normalized spacial score (nSPS) is 20.8. The molecule has 8 heteroatoms. The first-order chi connectivity index (χ1) is 15.7. The van der Waals surface area contributed by atoms with Gasteiger partial charge >= 0.3 is 0 Å². The number of nitrogens with zero attached hydrogens (tertiary/aromatic N) is 2. The molecule has 6 nitrogen and oxygen atoms in total. The largest absolute Gasteiger partial charge is 0.292 e. The van der Waals surface area contributed by atoms with Crippen LogP contribution in [0, 0.1) is 11.8 Å². The number of ketones is 1. The van der Waals surface area contributed by atoms with Gasteiger partial charge in [0.05, 0.1) is 22.4 Å². The van der Waals surface area contributed by atoms with Crippen molar-refractivity contribution < 1.29 is 19.2 Å². The van der Waals surface area contributed by atoms with E-state index in [1.165, 1.54) is 25.1 Å². The van der Waals surface area contributed by atoms with Gasteiger partial charge in [-0.05, 0) is 44.9 Å². The predicted octanol–water partition coefficient (Wildman–Crippen LogP) is 4.96. The zero-order valence-corrected chi connectivity index (χ0v) is 19.6. The molecule has 0 aromatic heterocycles. The zero-order chi connectivity index (χ0) is 23.9. The number of hydrogen-bond donors (Lipinski definition) is 0. The maximum atomic E-state index is 13.7. The van der Waals surface area contributed by atoms with Crippen LogP contribution in [0.1, 0.15) is 47.4 Å². The Balaban J connectivity index is 1.78. The summed E-state index contributed by atoms with van der Waals surface area (Å²) in [4.78, 5) is 53.7. The monoisotopic (exact) mass is 484 g/mol. The summed E-state index contributed by atoms with van der Waals surface area (Å²) in [5.74, 6) is -3.21. The maximum Gasteiger partial charge on any atom is 0.275 e. The van der Waals surface area contributed by atoms with E-state index in [4.69, 9.17) is 23.2 Å². The van der Waals surface area contributed by atoms with Gasteiger partial charge < -0.3 is 0 Å². The highest BCUT2D eigenvalue weighted by atomic mass is 35.5. The van der Waals surface area contributed by atoms with Crippen molar-refractivity contribution in [1.29, 1.82) is 0 Å². The quantitative estimate of drug-likeness (QED) is 0.341. The predicted molar refractivity (Wildman–Crippen MR) is 125 cm³/mol. The third-order valence-electron chi connectivity index (χ3n) is 6.19. The summed E-state index contributed by atoms with van der Waals surface area (Å²) < 4.78 is 0. The number of hydrazine groups is 1. The van der Waals surface area contributed by atoms with E-state index in [0.29, 0.717) is 23.4 Å². The SMILES string of the molecule is CC1=CC[C@@H]2C(=O)N(N(C(=O)c3ccc(Cl)cc3Cl)[C@H](C)C(=O)c3ccccc3)C(=O)[C@H]2C1. The van der Waals surface area contributed by atoms with Gasteiger partial charge in [-0.25, -0.2) is 5.01 Å². The molecule has 0 N–H and O–H groups in total. The van der Waals surface area contributed by atoms with E-state index in [0.717, 1.165) is 15.6 Å². The molecule has 3 atom stereocenters. The summed E-state index contributed by atoms with van der Waals surface area (Å²) in [5, 5.41) is 2.21. The van der Waals surface area contributed by atoms with Crippen LogP contribution in [0.4, 0.5) is 0 Å². The van der Waals surface area contributed by atoms with E-state index in [1.54, 1.807) is 30.3 Å². The molecule has 0 saturated carbocycles. The molecule has 2 aromatic rings. The molecule has 3 amide bonds. The van der Waals surface area contributed by atoms with E-state index in [1.807, 2.05) is 13.0 Å². The van der Waals surface area contributed by atoms with Crippen molar-refractivity contribution in [1.82, 2.24) is 10.0 Å². The number of carbonyl (C=O) groups is 4. The van der Waals surface area contributed by atoms with Gasteiger partial charge in [0.1, 0.15) is 6.04 Å². The fourth-order valence-corrected chi connectivity index (χ4v) is 4.90. The van der Waals surface area contributed by atoms with Gasteiger partial charge in [-0.3, -0.25) is 19.2 Å². The lowest BCUT2D eigenvalue weighted by Gasteiger charge is -2.35. The number of hydrogen-bond acceptors (Lipinski definition) is 4. The molecule has 0 radical (unpaired) electrons. The Morgan fingerprint density at radius 1 is 1.03 bits per heavy atom. The van der Waals surface area contributed by atoms with Gasteiger partial charge in [-0.2, -0.15) is 5.01 Å². The van der Waals surface area contributed by atoms with Gasteiger partial charge in [0.15, 0.2) is 5.78 Å². The van der Waals surface area contributed by atoms with E-state index in [-0.39, 0.29) is 10.6 Å². The fourth-order valence-electron chi connectivity index (χ4n) is 4.41. The molecule has 33 heavy (non-hydrogen) atoms. The molecule has 1 heterocycles. The highest BCUT2D eigenvalue weighted by Crippen LogP contribution is 2.39. The molecule has 0 unspecified atom stereocenters. The molecule has 1 saturated heterocycles. The highest BCUT2D eigenvalue weighted by Gasteiger charge is 2.53. The number of carbonyl (C=O) groups excluding carboxylic acids is 4. The minimum absolute atomic E-state index is 0.0403. The molecule has 1 aliphatic carbocycles. The van der Waals surface area contributed by atoms with Crippen LogP contribution in [0.15, 0.2) is 60.2 Å². The van der Waals surface area contributed by atoms with Crippen molar-refractivity contribution in [3.05, 3.63) is 81.4 Å². The van der Waals surface area contributed by atoms with Crippen molar-refractivity contribution in [2.45, 2.75) is 32.7 Å². The Morgan fingerprint density at radius 3 is 2.36 bits per heavy atom. The first-order valence-electron chi connectivity index (χ1n) is 10.6. The molecule has 2 aromatic carbocycles. The van der Waals surface area contributed by atoms with Crippen LogP contribution in [0.3, 0.4) is 0 Å². The lowest BCUT2D eigenvalue weighted by molar-refractivity contribution is -0.156. The van der Waals surface area contributed by atoms with Crippen molar-refractivity contribution in [2.24, 2.45) is 11.8 Å². The smallest absolute Gasteiger partial charge is 0.275 e. The average Bonchev–Trinajstić information content (AvgIpc) is 3.03. The van der Waals surface area contributed by atoms with Crippen molar-refractivity contribution in [2.75, 3.05) is 0 Å². The van der Waals surface area contributed by atoms with Crippen LogP contribution in [-0.2, 0) is 9.59 Å². The Labute approximate surface area is 201 Å². The summed E-state index contributed by atoms with van der Waals surface area (Å²) in [7, 11) is 0. The minimum atomic E-state index is -1.13. The molecular weight excluding hydrogens is 463 g/mol. The lowest BCUT2D eigenvalue weighted by atomic mass is 9.82. The number of rotatable bonds is 5. The van der Waals surface area contributed by atoms with Crippen LogP contribution >= 0.6 is 23.2 Å². The van der Waals surface area contributed by atoms with Crippen LogP contribution in [0.25, 0.3) is 0 Å². The van der Waals surface area contributed by atoms with Gasteiger partial charge in [-0.1, -0.05) is 65.2 Å². The number of benzene rings is 2. The maximum absolute atomic E-state index is 13.7. The van der Waals surface area contributed by atoms with E-state index >= 15 is 0 Å². The second kappa shape index (κ2) is 9.12. The molecule has 0 bridgehead atoms. The zero-order valence-electron chi connectivity index (χ0n) is 18.1. The molecule has 4 rings (SSSR count). The summed E-state index contributed by atoms with van der Waals surface area (Å²) >= 11 is 12.3. The van der Waals surface area contributed by atoms with Crippen LogP contribution in [-0.4, -0.2) is 39.6 Å². The van der Waals surface area contributed by atoms with Gasteiger partial charge in [-0.15, -0.1) is 0 Å². The topological polar surface area (TPSA) is 74.8 Å². The number of Topliss-reactive ketones (excluding diaryl/α,β-unsaturated/α-hetero) is 1. The first-order valence-corrected chi connectivity index (χ1v) is 11.4. The summed E-state index contributed by atoms with van der Waals surface area (Å²) in [6, 6.07) is 11.6. The number of fused-ring (bicyclic) bond motifs is 1. The Kier molecular flexibility index (Phi) is 6.41. The standard InChI is InChI=1S/C25H22Cl2N2O4/c1-14-8-10-18-20(12-14)25(33)29(23(18)31)28(15(2)22(30)16-6-4-3-5-7-16)24(32)19-11-9-17(26)13-21(19)27/h3-9,11,13,15,18,20H,10,12H2,1-2H3/t15-,18+,20+/m1/s1. The molecule has 1 aliphatic heterocycles. The third kappa shape index (κ3) is 4.21. The van der Waals surface area contributed by atoms with Crippen molar-refractivity contribution in [3.63, 3.8) is 0 Å². The highest BCUT2D eigenvalue weighted by molar-refractivity contribution is 6.36. The van der Waals surface area contributed by atoms with E-state index < -0.39 is 41.4 Å². The second-order valence-corrected chi connectivity index (χ2v) is 9.22. The summed E-state index contributed by atoms with van der Waals surface area (Å²) in [6.45, 7) is 3.41. The first kappa shape index (κ1) is 23.2. The number of amides is 3. The van der Waals surface area contributed by atoms with Crippen LogP contribution in [0.2, 0.25) is 10.0 Å². The lowest BCUT2D eigenvalue weighted by Crippen LogP contribution is -2.56. The average molecular weight is 485 g/mol. The Morgan fingerprint density at radius 2 is 1.70 bits per heavy atom. The molecule has 1 fully saturated rings. The number of halogens is 2. The Bertz CT molecular complexity index is 1180. The minimum Gasteiger partial charge on any atom is -0.292 e. The fraction of sp³-hybridized carbons (Fsp3) is 0.280. The Hall–Kier alpha value is -2.96. The van der Waals surface area contributed by atoms with Gasteiger partial charge in [0.25, 0.3) is 17.7 Å². The summed E-state index contributed by atoms with van der Waals surface area (Å²) in [5.41, 5.74) is 1.42. The van der Waals surface area contributed by atoms with Crippen LogP contribution in [0.5, 0.6) is 0 Å². The molecular formula is C25H22Cl2N2O4. The molecule has 2 aliphatic rings. The van der Waals surface area contributed by atoms with Crippen LogP contribution < -0.4 is 0 Å². The van der Waals surface area contributed by atoms with E-state index in [9.17, 15) is 19.2 Å². The number of allylic oxidation sites excluding steroid dienone is 2. The molecule has 0 spiro atoms.